The van der Waals surface area contributed by atoms with E-state index in [1.54, 1.807) is 0 Å². The minimum atomic E-state index is -0.277. The second-order valence-corrected chi connectivity index (χ2v) is 5.15. The Morgan fingerprint density at radius 1 is 1.53 bits per heavy atom. The lowest BCUT2D eigenvalue weighted by Crippen LogP contribution is -2.40. The number of nitrogens with two attached hydrogens (primary N) is 1. The van der Waals surface area contributed by atoms with Crippen molar-refractivity contribution in [1.29, 1.82) is 0 Å². The molecule has 0 bridgehead atoms. The van der Waals surface area contributed by atoms with Gasteiger partial charge in [-0.1, -0.05) is 19.1 Å². The largest absolute Gasteiger partial charge is 0.399 e. The Bertz CT molecular complexity index is 448. The number of anilines is 1. The van der Waals surface area contributed by atoms with Gasteiger partial charge >= 0.3 is 0 Å². The van der Waals surface area contributed by atoms with E-state index < -0.39 is 0 Å². The highest BCUT2D eigenvalue weighted by Gasteiger charge is 2.33. The van der Waals surface area contributed by atoms with E-state index in [4.69, 9.17) is 10.5 Å². The van der Waals surface area contributed by atoms with Gasteiger partial charge in [-0.25, -0.2) is 0 Å². The van der Waals surface area contributed by atoms with Crippen LogP contribution in [0.3, 0.4) is 0 Å². The van der Waals surface area contributed by atoms with E-state index in [0.29, 0.717) is 25.6 Å². The summed E-state index contributed by atoms with van der Waals surface area (Å²) in [5, 5.41) is 0. The summed E-state index contributed by atoms with van der Waals surface area (Å²) in [5.74, 6) is 0.400. The Labute approximate surface area is 114 Å². The van der Waals surface area contributed by atoms with Crippen LogP contribution in [0.5, 0.6) is 0 Å². The summed E-state index contributed by atoms with van der Waals surface area (Å²) in [5.41, 5.74) is 7.55. The average molecular weight is 262 g/mol. The van der Waals surface area contributed by atoms with Crippen molar-refractivity contribution in [2.24, 2.45) is 5.92 Å². The number of amides is 1. The molecule has 2 N–H and O–H groups in total. The molecule has 2 rings (SSSR count). The van der Waals surface area contributed by atoms with Gasteiger partial charge in [-0.05, 0) is 37.0 Å². The summed E-state index contributed by atoms with van der Waals surface area (Å²) in [7, 11) is 0. The van der Waals surface area contributed by atoms with Crippen LogP contribution in [-0.4, -0.2) is 30.1 Å². The number of nitrogen functional groups attached to an aromatic ring is 1. The Balaban J connectivity index is 2.05. The zero-order valence-corrected chi connectivity index (χ0v) is 11.6. The van der Waals surface area contributed by atoms with Crippen LogP contribution in [-0.2, 0) is 16.1 Å². The Morgan fingerprint density at radius 2 is 2.32 bits per heavy atom. The van der Waals surface area contributed by atoms with Crippen molar-refractivity contribution in [1.82, 2.24) is 4.90 Å². The standard InChI is InChI=1S/C15H22N2O2/c1-3-17(10-12-5-4-6-13(16)9-12)15(18)14-11(2)7-8-19-14/h4-6,9,11,14H,3,7-8,10,16H2,1-2H3. The quantitative estimate of drug-likeness (QED) is 0.845. The minimum absolute atomic E-state index is 0.0925. The maximum atomic E-state index is 12.4. The fourth-order valence-electron chi connectivity index (χ4n) is 2.45. The summed E-state index contributed by atoms with van der Waals surface area (Å²) in [6.07, 6.45) is 0.688. The fraction of sp³-hybridized carbons (Fsp3) is 0.533. The lowest BCUT2D eigenvalue weighted by atomic mass is 10.0. The lowest BCUT2D eigenvalue weighted by molar-refractivity contribution is -0.142. The minimum Gasteiger partial charge on any atom is -0.399 e. The van der Waals surface area contributed by atoms with Gasteiger partial charge in [-0.15, -0.1) is 0 Å². The van der Waals surface area contributed by atoms with Crippen molar-refractivity contribution < 1.29 is 9.53 Å². The molecule has 0 radical (unpaired) electrons. The molecule has 1 heterocycles. The fourth-order valence-corrected chi connectivity index (χ4v) is 2.45. The van der Waals surface area contributed by atoms with Crippen LogP contribution in [0.25, 0.3) is 0 Å². The van der Waals surface area contributed by atoms with E-state index in [1.165, 1.54) is 0 Å². The third-order valence-corrected chi connectivity index (χ3v) is 3.65. The number of nitrogens with zero attached hydrogens (tertiary/aromatic N) is 1. The summed E-state index contributed by atoms with van der Waals surface area (Å²) < 4.78 is 5.56. The highest BCUT2D eigenvalue weighted by molar-refractivity contribution is 5.81. The van der Waals surface area contributed by atoms with Gasteiger partial charge in [0.1, 0.15) is 6.10 Å². The van der Waals surface area contributed by atoms with Gasteiger partial charge in [-0.3, -0.25) is 4.79 Å². The molecule has 104 valence electrons. The first kappa shape index (κ1) is 13.9. The number of carbonyl (C=O) groups is 1. The number of carbonyl (C=O) groups excluding carboxylic acids is 1. The van der Waals surface area contributed by atoms with Gasteiger partial charge in [0.2, 0.25) is 0 Å². The molecule has 1 saturated heterocycles. The van der Waals surface area contributed by atoms with Crippen LogP contribution in [0.4, 0.5) is 5.69 Å². The first-order chi connectivity index (χ1) is 9.11. The van der Waals surface area contributed by atoms with Crippen LogP contribution >= 0.6 is 0 Å². The molecular formula is C15H22N2O2. The van der Waals surface area contributed by atoms with E-state index in [0.717, 1.165) is 17.7 Å². The smallest absolute Gasteiger partial charge is 0.252 e. The number of hydrogen-bond acceptors (Lipinski definition) is 3. The number of rotatable bonds is 4. The molecule has 0 aromatic heterocycles. The van der Waals surface area contributed by atoms with Crippen molar-refractivity contribution in [3.05, 3.63) is 29.8 Å². The van der Waals surface area contributed by atoms with Gasteiger partial charge in [-0.2, -0.15) is 0 Å². The molecule has 2 unspecified atom stereocenters. The third kappa shape index (κ3) is 3.26. The van der Waals surface area contributed by atoms with E-state index in [2.05, 4.69) is 6.92 Å². The second kappa shape index (κ2) is 6.06. The molecule has 2 atom stereocenters. The lowest BCUT2D eigenvalue weighted by Gasteiger charge is -2.25. The molecule has 4 nitrogen and oxygen atoms in total. The third-order valence-electron chi connectivity index (χ3n) is 3.65. The van der Waals surface area contributed by atoms with Crippen molar-refractivity contribution in [3.63, 3.8) is 0 Å². The molecular weight excluding hydrogens is 240 g/mol. The van der Waals surface area contributed by atoms with Crippen molar-refractivity contribution in [2.45, 2.75) is 32.9 Å². The predicted octanol–water partition coefficient (Wildman–Crippen LogP) is 2.04. The van der Waals surface area contributed by atoms with E-state index >= 15 is 0 Å². The van der Waals surface area contributed by atoms with E-state index in [1.807, 2.05) is 36.1 Å². The summed E-state index contributed by atoms with van der Waals surface area (Å²) >= 11 is 0. The second-order valence-electron chi connectivity index (χ2n) is 5.15. The summed E-state index contributed by atoms with van der Waals surface area (Å²) in [6.45, 7) is 6.02. The van der Waals surface area contributed by atoms with E-state index in [9.17, 15) is 4.79 Å². The topological polar surface area (TPSA) is 55.6 Å². The number of benzene rings is 1. The molecule has 1 amide bonds. The maximum absolute atomic E-state index is 12.4. The molecule has 1 aromatic rings. The van der Waals surface area contributed by atoms with Crippen molar-refractivity contribution in [3.8, 4) is 0 Å². The normalized spacial score (nSPS) is 22.4. The van der Waals surface area contributed by atoms with Crippen LogP contribution in [0.1, 0.15) is 25.8 Å². The number of likely N-dealkylation sites (N-methyl/N-ethyl adjacent to an activating group) is 1. The van der Waals surface area contributed by atoms with Gasteiger partial charge in [0, 0.05) is 25.4 Å². The molecule has 1 aliphatic rings. The highest BCUT2D eigenvalue weighted by atomic mass is 16.5. The maximum Gasteiger partial charge on any atom is 0.252 e. The zero-order chi connectivity index (χ0) is 13.8. The Morgan fingerprint density at radius 3 is 2.89 bits per heavy atom. The number of ether oxygens (including phenoxy) is 1. The zero-order valence-electron chi connectivity index (χ0n) is 11.6. The molecule has 19 heavy (non-hydrogen) atoms. The van der Waals surface area contributed by atoms with Crippen molar-refractivity contribution in [2.75, 3.05) is 18.9 Å². The monoisotopic (exact) mass is 262 g/mol. The SMILES string of the molecule is CCN(Cc1cccc(N)c1)C(=O)C1OCCC1C. The first-order valence-electron chi connectivity index (χ1n) is 6.86. The summed E-state index contributed by atoms with van der Waals surface area (Å²) in [6, 6.07) is 7.67. The first-order valence-corrected chi connectivity index (χ1v) is 6.86. The molecule has 1 aliphatic heterocycles. The van der Waals surface area contributed by atoms with Crippen molar-refractivity contribution >= 4 is 11.6 Å². The van der Waals surface area contributed by atoms with Crippen LogP contribution in [0.2, 0.25) is 0 Å². The molecule has 4 heteroatoms. The van der Waals surface area contributed by atoms with Crippen LogP contribution in [0.15, 0.2) is 24.3 Å². The highest BCUT2D eigenvalue weighted by Crippen LogP contribution is 2.22. The number of hydrogen-bond donors (Lipinski definition) is 1. The molecule has 0 aliphatic carbocycles. The molecule has 0 saturated carbocycles. The van der Waals surface area contributed by atoms with Gasteiger partial charge in [0.25, 0.3) is 5.91 Å². The van der Waals surface area contributed by atoms with Gasteiger partial charge in [0.05, 0.1) is 0 Å². The Kier molecular flexibility index (Phi) is 4.43. The van der Waals surface area contributed by atoms with E-state index in [-0.39, 0.29) is 12.0 Å². The molecule has 1 fully saturated rings. The van der Waals surface area contributed by atoms with Gasteiger partial charge < -0.3 is 15.4 Å². The Hall–Kier alpha value is -1.55. The van der Waals surface area contributed by atoms with Crippen LogP contribution < -0.4 is 5.73 Å². The van der Waals surface area contributed by atoms with Crippen LogP contribution in [0, 0.1) is 5.92 Å². The summed E-state index contributed by atoms with van der Waals surface area (Å²) in [4.78, 5) is 14.3. The predicted molar refractivity (Wildman–Crippen MR) is 75.5 cm³/mol. The van der Waals surface area contributed by atoms with Gasteiger partial charge in [0.15, 0.2) is 0 Å². The molecule has 1 aromatic carbocycles. The average Bonchev–Trinajstić information content (AvgIpc) is 2.81. The molecule has 0 spiro atoms.